The quantitative estimate of drug-likeness (QED) is 0.593. The largest absolute Gasteiger partial charge is 0.486 e. The van der Waals surface area contributed by atoms with Crippen LogP contribution in [0, 0.1) is 13.8 Å². The van der Waals surface area contributed by atoms with Crippen molar-refractivity contribution in [1.29, 1.82) is 0 Å². The Kier molecular flexibility index (Phi) is 2.42. The predicted molar refractivity (Wildman–Crippen MR) is 65.9 cm³/mol. The van der Waals surface area contributed by atoms with Crippen molar-refractivity contribution >= 4 is 6.08 Å². The van der Waals surface area contributed by atoms with Crippen LogP contribution in [0.5, 0.6) is 11.5 Å². The molecule has 0 aromatic heterocycles. The number of ether oxygens (including phenoxy) is 2. The molecule has 1 aliphatic heterocycles. The Labute approximate surface area is 106 Å². The van der Waals surface area contributed by atoms with E-state index in [0.29, 0.717) is 13.2 Å². The van der Waals surface area contributed by atoms with Gasteiger partial charge in [0.15, 0.2) is 11.5 Å². The second-order valence-corrected chi connectivity index (χ2v) is 4.95. The van der Waals surface area contributed by atoms with Gasteiger partial charge in [0, 0.05) is 5.56 Å². The summed E-state index contributed by atoms with van der Waals surface area (Å²) in [7, 11) is 0. The molecule has 0 radical (unpaired) electrons. The average molecular weight is 245 g/mol. The fraction of sp³-hybridized carbons (Fsp3) is 0.500. The molecular formula is C14H15NO3. The molecular weight excluding hydrogens is 230 g/mol. The standard InChI is InChI=1S/C14H15NO3/c1-9-7-11-13(18-6-5-17-11)12(10(9)2)14(3-4-14)15-8-16/h7H,3-6H2,1-2H3. The van der Waals surface area contributed by atoms with Crippen LogP contribution in [-0.2, 0) is 10.3 Å². The summed E-state index contributed by atoms with van der Waals surface area (Å²) in [4.78, 5) is 14.6. The molecule has 2 aliphatic rings. The van der Waals surface area contributed by atoms with Gasteiger partial charge in [-0.25, -0.2) is 4.79 Å². The zero-order valence-electron chi connectivity index (χ0n) is 10.6. The number of aryl methyl sites for hydroxylation is 1. The van der Waals surface area contributed by atoms with Crippen LogP contribution in [0.4, 0.5) is 0 Å². The summed E-state index contributed by atoms with van der Waals surface area (Å²) in [6.45, 7) is 5.20. The maximum Gasteiger partial charge on any atom is 0.235 e. The first-order valence-electron chi connectivity index (χ1n) is 6.17. The highest BCUT2D eigenvalue weighted by Crippen LogP contribution is 2.56. The normalized spacial score (nSPS) is 19.0. The molecule has 1 heterocycles. The Balaban J connectivity index is 2.24. The topological polar surface area (TPSA) is 47.9 Å². The fourth-order valence-electron chi connectivity index (χ4n) is 2.59. The lowest BCUT2D eigenvalue weighted by Gasteiger charge is -2.26. The van der Waals surface area contributed by atoms with Gasteiger partial charge >= 0.3 is 0 Å². The Morgan fingerprint density at radius 2 is 2.00 bits per heavy atom. The van der Waals surface area contributed by atoms with E-state index in [1.165, 1.54) is 0 Å². The van der Waals surface area contributed by atoms with E-state index < -0.39 is 5.54 Å². The second-order valence-electron chi connectivity index (χ2n) is 4.95. The molecule has 0 saturated heterocycles. The first-order chi connectivity index (χ1) is 8.68. The maximum atomic E-state index is 10.6. The lowest BCUT2D eigenvalue weighted by molar-refractivity contribution is 0.168. The van der Waals surface area contributed by atoms with Crippen LogP contribution in [0.2, 0.25) is 0 Å². The molecule has 4 nitrogen and oxygen atoms in total. The Morgan fingerprint density at radius 1 is 1.28 bits per heavy atom. The Hall–Kier alpha value is -1.80. The number of rotatable bonds is 2. The summed E-state index contributed by atoms with van der Waals surface area (Å²) in [5, 5.41) is 0. The van der Waals surface area contributed by atoms with Crippen LogP contribution in [0.15, 0.2) is 11.1 Å². The highest BCUT2D eigenvalue weighted by Gasteiger charge is 2.49. The minimum absolute atomic E-state index is 0.414. The van der Waals surface area contributed by atoms with E-state index >= 15 is 0 Å². The molecule has 0 unspecified atom stereocenters. The van der Waals surface area contributed by atoms with Crippen LogP contribution >= 0.6 is 0 Å². The van der Waals surface area contributed by atoms with Gasteiger partial charge in [-0.2, -0.15) is 4.99 Å². The summed E-state index contributed by atoms with van der Waals surface area (Å²) in [5.74, 6) is 1.53. The summed E-state index contributed by atoms with van der Waals surface area (Å²) in [6, 6.07) is 1.99. The zero-order valence-corrected chi connectivity index (χ0v) is 10.6. The van der Waals surface area contributed by atoms with Gasteiger partial charge in [-0.1, -0.05) is 0 Å². The summed E-state index contributed by atoms with van der Waals surface area (Å²) >= 11 is 0. The Bertz CT molecular complexity index is 555. The first kappa shape index (κ1) is 11.3. The van der Waals surface area contributed by atoms with Crippen molar-refractivity contribution in [1.82, 2.24) is 0 Å². The third kappa shape index (κ3) is 1.53. The number of hydrogen-bond donors (Lipinski definition) is 0. The van der Waals surface area contributed by atoms with Crippen LogP contribution in [-0.4, -0.2) is 19.3 Å². The lowest BCUT2D eigenvalue weighted by atomic mass is 9.94. The molecule has 1 aliphatic carbocycles. The SMILES string of the molecule is Cc1cc2c(c(C3(N=C=O)CC3)c1C)OCCO2. The van der Waals surface area contributed by atoms with Crippen molar-refractivity contribution in [3.8, 4) is 11.5 Å². The van der Waals surface area contributed by atoms with Crippen LogP contribution in [0.1, 0.15) is 29.5 Å². The highest BCUT2D eigenvalue weighted by molar-refractivity contribution is 5.60. The van der Waals surface area contributed by atoms with Gasteiger partial charge < -0.3 is 9.47 Å². The van der Waals surface area contributed by atoms with Crippen molar-refractivity contribution in [2.45, 2.75) is 32.2 Å². The second kappa shape index (κ2) is 3.85. The number of isocyanates is 1. The molecule has 18 heavy (non-hydrogen) atoms. The molecule has 0 bridgehead atoms. The molecule has 0 spiro atoms. The molecule has 0 amide bonds. The predicted octanol–water partition coefficient (Wildman–Crippen LogP) is 2.40. The lowest BCUT2D eigenvalue weighted by Crippen LogP contribution is -2.20. The minimum Gasteiger partial charge on any atom is -0.486 e. The van der Waals surface area contributed by atoms with Crippen LogP contribution in [0.3, 0.4) is 0 Å². The molecule has 3 rings (SSSR count). The van der Waals surface area contributed by atoms with E-state index in [9.17, 15) is 4.79 Å². The fourth-order valence-corrected chi connectivity index (χ4v) is 2.59. The Morgan fingerprint density at radius 3 is 2.67 bits per heavy atom. The number of benzene rings is 1. The number of fused-ring (bicyclic) bond motifs is 1. The van der Waals surface area contributed by atoms with E-state index in [-0.39, 0.29) is 0 Å². The third-order valence-corrected chi connectivity index (χ3v) is 3.80. The van der Waals surface area contributed by atoms with Crippen molar-refractivity contribution in [3.05, 3.63) is 22.8 Å². The first-order valence-corrected chi connectivity index (χ1v) is 6.17. The zero-order chi connectivity index (χ0) is 12.8. The third-order valence-electron chi connectivity index (χ3n) is 3.80. The highest BCUT2D eigenvalue weighted by atomic mass is 16.6. The van der Waals surface area contributed by atoms with Gasteiger partial charge in [-0.3, -0.25) is 0 Å². The smallest absolute Gasteiger partial charge is 0.235 e. The van der Waals surface area contributed by atoms with Crippen LogP contribution in [0.25, 0.3) is 0 Å². The van der Waals surface area contributed by atoms with Crippen molar-refractivity contribution < 1.29 is 14.3 Å². The molecule has 1 saturated carbocycles. The summed E-state index contributed by atoms with van der Waals surface area (Å²) in [6.07, 6.45) is 3.46. The van der Waals surface area contributed by atoms with Crippen molar-refractivity contribution in [3.63, 3.8) is 0 Å². The van der Waals surface area contributed by atoms with E-state index in [0.717, 1.165) is 41.0 Å². The average Bonchev–Trinajstić information content (AvgIpc) is 3.12. The molecule has 1 aromatic carbocycles. The molecule has 94 valence electrons. The van der Waals surface area contributed by atoms with Gasteiger partial charge in [0.2, 0.25) is 6.08 Å². The number of nitrogens with zero attached hydrogens (tertiary/aromatic N) is 1. The molecule has 0 N–H and O–H groups in total. The molecule has 0 atom stereocenters. The van der Waals surface area contributed by atoms with E-state index in [1.54, 1.807) is 6.08 Å². The van der Waals surface area contributed by atoms with E-state index in [4.69, 9.17) is 9.47 Å². The van der Waals surface area contributed by atoms with Gasteiger partial charge in [-0.15, -0.1) is 0 Å². The van der Waals surface area contributed by atoms with Gasteiger partial charge in [0.05, 0.1) is 0 Å². The number of hydrogen-bond acceptors (Lipinski definition) is 4. The monoisotopic (exact) mass is 245 g/mol. The van der Waals surface area contributed by atoms with Gasteiger partial charge in [0.25, 0.3) is 0 Å². The summed E-state index contributed by atoms with van der Waals surface area (Å²) < 4.78 is 11.4. The van der Waals surface area contributed by atoms with E-state index in [1.807, 2.05) is 19.9 Å². The van der Waals surface area contributed by atoms with Gasteiger partial charge in [0.1, 0.15) is 18.8 Å². The summed E-state index contributed by atoms with van der Waals surface area (Å²) in [5.41, 5.74) is 2.88. The van der Waals surface area contributed by atoms with E-state index in [2.05, 4.69) is 4.99 Å². The molecule has 1 fully saturated rings. The molecule has 4 heteroatoms. The van der Waals surface area contributed by atoms with Crippen molar-refractivity contribution in [2.75, 3.05) is 13.2 Å². The number of aliphatic imine (C=N–C) groups is 1. The van der Waals surface area contributed by atoms with Crippen molar-refractivity contribution in [2.24, 2.45) is 4.99 Å². The minimum atomic E-state index is -0.414. The van der Waals surface area contributed by atoms with Crippen LogP contribution < -0.4 is 9.47 Å². The van der Waals surface area contributed by atoms with Gasteiger partial charge in [-0.05, 0) is 43.9 Å². The maximum absolute atomic E-state index is 10.6. The molecule has 1 aromatic rings. The number of carbonyl (C=O) groups excluding carboxylic acids is 1.